The SMILES string of the molecule is COC(=O)N[C@@H](C)C(=O)N1CCCC1c1ncc(-c2ccc(-c3ccc(-c4cnc([C@@H]5CCCN5C(=O)[C@](C)(Cc5ccc(OCc6ccccc6)cc5)OC(N)=O)[nH]4)cc3)cc2)[nH]1. The van der Waals surface area contributed by atoms with Gasteiger partial charge in [0.15, 0.2) is 5.60 Å². The number of H-pyrrole nitrogens is 2. The number of carbonyl (C=O) groups is 4. The number of methoxy groups -OCH3 is 1. The Morgan fingerprint density at radius 3 is 1.83 bits per heavy atom. The summed E-state index contributed by atoms with van der Waals surface area (Å²) in [5, 5.41) is 2.56. The number of rotatable bonds is 14. The molecule has 4 aromatic carbocycles. The first-order chi connectivity index (χ1) is 31.0. The van der Waals surface area contributed by atoms with E-state index in [0.717, 1.165) is 64.0 Å². The summed E-state index contributed by atoms with van der Waals surface area (Å²) in [6, 6.07) is 32.4. The maximum atomic E-state index is 14.3. The number of nitrogens with zero attached hydrogens (tertiary/aromatic N) is 4. The molecule has 8 rings (SSSR count). The molecule has 0 bridgehead atoms. The smallest absolute Gasteiger partial charge is 0.407 e. The summed E-state index contributed by atoms with van der Waals surface area (Å²) in [6.45, 7) is 4.75. The van der Waals surface area contributed by atoms with Gasteiger partial charge in [0.05, 0.1) is 43.0 Å². The second-order valence-electron chi connectivity index (χ2n) is 16.5. The van der Waals surface area contributed by atoms with Gasteiger partial charge in [-0.25, -0.2) is 19.6 Å². The molecule has 6 aromatic rings. The van der Waals surface area contributed by atoms with Crippen LogP contribution in [-0.4, -0.2) is 85.6 Å². The van der Waals surface area contributed by atoms with Crippen molar-refractivity contribution in [3.05, 3.63) is 138 Å². The third-order valence-electron chi connectivity index (χ3n) is 12.0. The van der Waals surface area contributed by atoms with Gasteiger partial charge < -0.3 is 45.0 Å². The molecule has 4 amide bonds. The summed E-state index contributed by atoms with van der Waals surface area (Å²) in [7, 11) is 1.27. The summed E-state index contributed by atoms with van der Waals surface area (Å²) < 4.78 is 16.2. The third-order valence-corrected chi connectivity index (χ3v) is 12.0. The van der Waals surface area contributed by atoms with Gasteiger partial charge >= 0.3 is 12.2 Å². The van der Waals surface area contributed by atoms with E-state index in [-0.39, 0.29) is 30.3 Å². The molecule has 2 saturated heterocycles. The lowest BCUT2D eigenvalue weighted by Crippen LogP contribution is -2.51. The number of hydrogen-bond donors (Lipinski definition) is 4. The van der Waals surface area contributed by atoms with E-state index >= 15 is 0 Å². The second kappa shape index (κ2) is 18.9. The molecule has 0 aliphatic carbocycles. The zero-order valence-electron chi connectivity index (χ0n) is 36.1. The number of nitrogens with two attached hydrogens (primary N) is 1. The number of carbonyl (C=O) groups excluding carboxylic acids is 4. The van der Waals surface area contributed by atoms with E-state index in [4.69, 9.17) is 20.2 Å². The van der Waals surface area contributed by atoms with Gasteiger partial charge in [0, 0.05) is 19.5 Å². The van der Waals surface area contributed by atoms with Crippen LogP contribution in [0.5, 0.6) is 5.75 Å². The number of hydrogen-bond acceptors (Lipinski definition) is 9. The van der Waals surface area contributed by atoms with E-state index in [1.165, 1.54) is 7.11 Å². The minimum atomic E-state index is -1.55. The molecule has 0 radical (unpaired) electrons. The summed E-state index contributed by atoms with van der Waals surface area (Å²) in [5.74, 6) is 1.52. The average Bonchev–Trinajstić information content (AvgIpc) is 4.16. The molecule has 2 aromatic heterocycles. The number of benzene rings is 4. The fourth-order valence-corrected chi connectivity index (χ4v) is 8.66. The van der Waals surface area contributed by atoms with E-state index in [1.807, 2.05) is 78.9 Å². The Morgan fingerprint density at radius 2 is 1.28 bits per heavy atom. The number of aromatic amines is 2. The molecule has 2 aliphatic rings. The van der Waals surface area contributed by atoms with E-state index in [1.54, 1.807) is 36.0 Å². The first kappa shape index (κ1) is 43.2. The van der Waals surface area contributed by atoms with Crippen LogP contribution in [0.2, 0.25) is 0 Å². The fourth-order valence-electron chi connectivity index (χ4n) is 8.66. The average molecular weight is 865 g/mol. The summed E-state index contributed by atoms with van der Waals surface area (Å²) in [6.07, 6.45) is 5.09. The second-order valence-corrected chi connectivity index (χ2v) is 16.5. The highest BCUT2D eigenvalue weighted by Gasteiger charge is 2.45. The van der Waals surface area contributed by atoms with Crippen molar-refractivity contribution in [1.82, 2.24) is 35.1 Å². The maximum Gasteiger partial charge on any atom is 0.407 e. The molecule has 15 nitrogen and oxygen atoms in total. The summed E-state index contributed by atoms with van der Waals surface area (Å²) in [4.78, 5) is 71.0. The highest BCUT2D eigenvalue weighted by Crippen LogP contribution is 2.36. The van der Waals surface area contributed by atoms with Crippen LogP contribution in [0.15, 0.2) is 116 Å². The van der Waals surface area contributed by atoms with Crippen molar-refractivity contribution in [2.75, 3.05) is 20.2 Å². The number of nitrogens with one attached hydrogen (secondary N) is 3. The molecule has 2 fully saturated rings. The fraction of sp³-hybridized carbons (Fsp3) is 0.306. The standard InChI is InChI=1S/C49H52N8O7/c1-31(53-48(61)62-3)45(58)56-25-7-11-41(56)43-51-28-39(54-43)36-19-15-34(16-20-36)35-17-21-37(22-18-35)40-29-52-44(55-40)42-12-8-26-57(42)46(59)49(2,64-47(50)60)27-32-13-23-38(24-14-32)63-30-33-9-5-4-6-10-33/h4-6,9-10,13-24,28-29,31,41-42H,7-8,11-12,25-27,30H2,1-3H3,(H2,50,60)(H,51,54)(H,52,55)(H,53,61)/t31-,41?,42-,49-/m0/s1. The molecule has 64 heavy (non-hydrogen) atoms. The lowest BCUT2D eigenvalue weighted by molar-refractivity contribution is -0.150. The Bertz CT molecular complexity index is 2580. The Labute approximate surface area is 371 Å². The van der Waals surface area contributed by atoms with Crippen molar-refractivity contribution >= 4 is 24.0 Å². The quantitative estimate of drug-likeness (QED) is 0.0842. The normalized spacial score (nSPS) is 17.4. The molecular weight excluding hydrogens is 813 g/mol. The van der Waals surface area contributed by atoms with Gasteiger partial charge in [0.2, 0.25) is 5.91 Å². The number of likely N-dealkylation sites (tertiary alicyclic amines) is 2. The first-order valence-electron chi connectivity index (χ1n) is 21.5. The molecule has 1 unspecified atom stereocenters. The number of ether oxygens (including phenoxy) is 3. The van der Waals surface area contributed by atoms with Crippen molar-refractivity contribution in [3.63, 3.8) is 0 Å². The van der Waals surface area contributed by atoms with Crippen LogP contribution in [-0.2, 0) is 32.1 Å². The molecule has 4 atom stereocenters. The van der Waals surface area contributed by atoms with Gasteiger partial charge in [-0.3, -0.25) is 9.59 Å². The van der Waals surface area contributed by atoms with Crippen LogP contribution >= 0.6 is 0 Å². The summed E-state index contributed by atoms with van der Waals surface area (Å²) in [5.41, 5.74) is 11.5. The number of imidazole rings is 2. The molecule has 330 valence electrons. The molecule has 0 spiro atoms. The van der Waals surface area contributed by atoms with Crippen LogP contribution in [0.4, 0.5) is 9.59 Å². The largest absolute Gasteiger partial charge is 0.489 e. The molecule has 5 N–H and O–H groups in total. The minimum Gasteiger partial charge on any atom is -0.489 e. The first-order valence-corrected chi connectivity index (χ1v) is 21.5. The summed E-state index contributed by atoms with van der Waals surface area (Å²) >= 11 is 0. The Balaban J connectivity index is 0.899. The number of amides is 4. The van der Waals surface area contributed by atoms with Crippen LogP contribution in [0.1, 0.15) is 74.4 Å². The number of primary amides is 1. The van der Waals surface area contributed by atoms with E-state index in [9.17, 15) is 19.2 Å². The number of alkyl carbamates (subject to hydrolysis) is 1. The van der Waals surface area contributed by atoms with Gasteiger partial charge in [-0.05, 0) is 85.0 Å². The highest BCUT2D eigenvalue weighted by molar-refractivity contribution is 5.88. The third kappa shape index (κ3) is 9.63. The van der Waals surface area contributed by atoms with Crippen molar-refractivity contribution in [3.8, 4) is 39.4 Å². The molecular formula is C49H52N8O7. The minimum absolute atomic E-state index is 0.127. The molecule has 15 heteroatoms. The zero-order valence-corrected chi connectivity index (χ0v) is 36.1. The lowest BCUT2D eigenvalue weighted by atomic mass is 9.94. The topological polar surface area (TPSA) is 198 Å². The lowest BCUT2D eigenvalue weighted by Gasteiger charge is -2.34. The van der Waals surface area contributed by atoms with Crippen molar-refractivity contribution < 1.29 is 33.4 Å². The van der Waals surface area contributed by atoms with Crippen LogP contribution < -0.4 is 15.8 Å². The Hall–Kier alpha value is -7.42. The predicted molar refractivity (Wildman–Crippen MR) is 239 cm³/mol. The Kier molecular flexibility index (Phi) is 12.8. The van der Waals surface area contributed by atoms with Crippen LogP contribution in [0.25, 0.3) is 33.6 Å². The van der Waals surface area contributed by atoms with Crippen LogP contribution in [0.3, 0.4) is 0 Å². The zero-order chi connectivity index (χ0) is 44.8. The number of aromatic nitrogens is 4. The van der Waals surface area contributed by atoms with E-state index < -0.39 is 23.8 Å². The van der Waals surface area contributed by atoms with Gasteiger partial charge in [0.1, 0.15) is 30.0 Å². The van der Waals surface area contributed by atoms with Crippen LogP contribution in [0, 0.1) is 0 Å². The van der Waals surface area contributed by atoms with E-state index in [0.29, 0.717) is 43.5 Å². The Morgan fingerprint density at radius 1 is 0.750 bits per heavy atom. The van der Waals surface area contributed by atoms with Crippen molar-refractivity contribution in [2.24, 2.45) is 5.73 Å². The van der Waals surface area contributed by atoms with Crippen molar-refractivity contribution in [1.29, 1.82) is 0 Å². The van der Waals surface area contributed by atoms with Gasteiger partial charge in [-0.15, -0.1) is 0 Å². The highest BCUT2D eigenvalue weighted by atomic mass is 16.6. The maximum absolute atomic E-state index is 14.3. The molecule has 0 saturated carbocycles. The molecule has 2 aliphatic heterocycles. The monoisotopic (exact) mass is 864 g/mol. The predicted octanol–water partition coefficient (Wildman–Crippen LogP) is 7.88. The van der Waals surface area contributed by atoms with Crippen molar-refractivity contribution in [2.45, 2.75) is 76.3 Å². The molecule has 4 heterocycles. The van der Waals surface area contributed by atoms with Gasteiger partial charge in [-0.2, -0.15) is 0 Å². The van der Waals surface area contributed by atoms with Gasteiger partial charge in [0.25, 0.3) is 5.91 Å². The van der Waals surface area contributed by atoms with E-state index in [2.05, 4.69) is 49.3 Å². The van der Waals surface area contributed by atoms with Gasteiger partial charge in [-0.1, -0.05) is 91.0 Å².